The third-order valence-electron chi connectivity index (χ3n) is 2.39. The van der Waals surface area contributed by atoms with Crippen LogP contribution in [0.25, 0.3) is 0 Å². The first-order chi connectivity index (χ1) is 6.65. The predicted molar refractivity (Wildman–Crippen MR) is 52.5 cm³/mol. The number of hydrogen-bond acceptors (Lipinski definition) is 3. The molecule has 2 unspecified atom stereocenters. The zero-order chi connectivity index (χ0) is 10.1. The fourth-order valence-electron chi connectivity index (χ4n) is 1.82. The number of aliphatic hydroxyl groups is 1. The highest BCUT2D eigenvalue weighted by Crippen LogP contribution is 2.32. The molecule has 0 saturated heterocycles. The van der Waals surface area contributed by atoms with Gasteiger partial charge in [-0.2, -0.15) is 0 Å². The van der Waals surface area contributed by atoms with Gasteiger partial charge in [-0.05, 0) is 25.1 Å². The summed E-state index contributed by atoms with van der Waals surface area (Å²) < 4.78 is 5.60. The molecule has 2 atom stereocenters. The SMILES string of the molecule is CC(O)CC1Cc2cc(O)ccc2O1. The van der Waals surface area contributed by atoms with Crippen LogP contribution in [0, 0.1) is 0 Å². The highest BCUT2D eigenvalue weighted by Gasteiger charge is 2.23. The van der Waals surface area contributed by atoms with Gasteiger partial charge in [-0.25, -0.2) is 0 Å². The van der Waals surface area contributed by atoms with Gasteiger partial charge in [0.15, 0.2) is 0 Å². The second-order valence-electron chi connectivity index (χ2n) is 3.82. The van der Waals surface area contributed by atoms with Gasteiger partial charge < -0.3 is 14.9 Å². The van der Waals surface area contributed by atoms with Crippen molar-refractivity contribution >= 4 is 0 Å². The number of hydrogen-bond donors (Lipinski definition) is 2. The zero-order valence-corrected chi connectivity index (χ0v) is 8.10. The van der Waals surface area contributed by atoms with Crippen molar-refractivity contribution in [2.75, 3.05) is 0 Å². The van der Waals surface area contributed by atoms with E-state index in [0.29, 0.717) is 6.42 Å². The number of ether oxygens (including phenoxy) is 1. The van der Waals surface area contributed by atoms with Crippen LogP contribution in [0.2, 0.25) is 0 Å². The molecule has 2 N–H and O–H groups in total. The van der Waals surface area contributed by atoms with E-state index in [0.717, 1.165) is 17.7 Å². The molecule has 3 heteroatoms. The number of fused-ring (bicyclic) bond motifs is 1. The summed E-state index contributed by atoms with van der Waals surface area (Å²) in [6.45, 7) is 1.75. The van der Waals surface area contributed by atoms with Crippen molar-refractivity contribution in [3.63, 3.8) is 0 Å². The molecule has 1 aliphatic heterocycles. The molecule has 0 bridgehead atoms. The van der Waals surface area contributed by atoms with Gasteiger partial charge in [0, 0.05) is 18.4 Å². The van der Waals surface area contributed by atoms with Gasteiger partial charge in [0.2, 0.25) is 0 Å². The van der Waals surface area contributed by atoms with Crippen molar-refractivity contribution in [3.05, 3.63) is 23.8 Å². The second kappa shape index (κ2) is 3.50. The zero-order valence-electron chi connectivity index (χ0n) is 8.10. The van der Waals surface area contributed by atoms with Crippen LogP contribution < -0.4 is 4.74 Å². The molecule has 0 radical (unpaired) electrons. The van der Waals surface area contributed by atoms with Crippen LogP contribution >= 0.6 is 0 Å². The molecule has 1 aliphatic rings. The molecule has 0 amide bonds. The van der Waals surface area contributed by atoms with Crippen LogP contribution in [0.5, 0.6) is 11.5 Å². The van der Waals surface area contributed by atoms with E-state index in [1.807, 2.05) is 0 Å². The van der Waals surface area contributed by atoms with E-state index in [1.54, 1.807) is 25.1 Å². The van der Waals surface area contributed by atoms with Crippen LogP contribution in [0.4, 0.5) is 0 Å². The molecule has 1 heterocycles. The van der Waals surface area contributed by atoms with Crippen LogP contribution in [0.1, 0.15) is 18.9 Å². The maximum atomic E-state index is 9.26. The van der Waals surface area contributed by atoms with E-state index in [4.69, 9.17) is 4.74 Å². The quantitative estimate of drug-likeness (QED) is 0.749. The van der Waals surface area contributed by atoms with Gasteiger partial charge in [0.25, 0.3) is 0 Å². The molecule has 14 heavy (non-hydrogen) atoms. The van der Waals surface area contributed by atoms with Crippen LogP contribution in [0.3, 0.4) is 0 Å². The summed E-state index contributed by atoms with van der Waals surface area (Å²) in [6.07, 6.45) is 1.11. The van der Waals surface area contributed by atoms with Crippen molar-refractivity contribution in [1.82, 2.24) is 0 Å². The standard InChI is InChI=1S/C11H14O3/c1-7(12)4-10-6-8-5-9(13)2-3-11(8)14-10/h2-3,5,7,10,12-13H,4,6H2,1H3. The van der Waals surface area contributed by atoms with Crippen molar-refractivity contribution in [3.8, 4) is 11.5 Å². The number of phenolic OH excluding ortho intramolecular Hbond substituents is 1. The van der Waals surface area contributed by atoms with E-state index in [2.05, 4.69) is 0 Å². The molecule has 0 saturated carbocycles. The van der Waals surface area contributed by atoms with Crippen molar-refractivity contribution in [2.45, 2.75) is 32.0 Å². The fraction of sp³-hybridized carbons (Fsp3) is 0.455. The van der Waals surface area contributed by atoms with Crippen LogP contribution in [-0.4, -0.2) is 22.4 Å². The smallest absolute Gasteiger partial charge is 0.123 e. The number of benzene rings is 1. The third kappa shape index (κ3) is 1.82. The van der Waals surface area contributed by atoms with Crippen molar-refractivity contribution in [2.24, 2.45) is 0 Å². The van der Waals surface area contributed by atoms with E-state index in [-0.39, 0.29) is 18.0 Å². The van der Waals surface area contributed by atoms with Gasteiger partial charge >= 0.3 is 0 Å². The maximum absolute atomic E-state index is 9.26. The largest absolute Gasteiger partial charge is 0.508 e. The fourth-order valence-corrected chi connectivity index (χ4v) is 1.82. The Labute approximate surface area is 83.0 Å². The molecule has 76 valence electrons. The van der Waals surface area contributed by atoms with Gasteiger partial charge in [-0.1, -0.05) is 0 Å². The van der Waals surface area contributed by atoms with Gasteiger partial charge in [0.1, 0.15) is 17.6 Å². The lowest BCUT2D eigenvalue weighted by molar-refractivity contribution is 0.118. The normalized spacial score (nSPS) is 21.4. The predicted octanol–water partition coefficient (Wildman–Crippen LogP) is 1.47. The summed E-state index contributed by atoms with van der Waals surface area (Å²) in [5, 5.41) is 18.5. The summed E-state index contributed by atoms with van der Waals surface area (Å²) >= 11 is 0. The van der Waals surface area contributed by atoms with E-state index in [9.17, 15) is 10.2 Å². The Balaban J connectivity index is 2.10. The number of phenols is 1. The summed E-state index contributed by atoms with van der Waals surface area (Å²) in [4.78, 5) is 0. The minimum atomic E-state index is -0.345. The minimum Gasteiger partial charge on any atom is -0.508 e. The molecule has 1 aromatic carbocycles. The van der Waals surface area contributed by atoms with E-state index < -0.39 is 0 Å². The average molecular weight is 194 g/mol. The lowest BCUT2D eigenvalue weighted by atomic mass is 10.1. The Morgan fingerprint density at radius 3 is 3.07 bits per heavy atom. The molecular weight excluding hydrogens is 180 g/mol. The maximum Gasteiger partial charge on any atom is 0.123 e. The van der Waals surface area contributed by atoms with Gasteiger partial charge in [-0.3, -0.25) is 0 Å². The van der Waals surface area contributed by atoms with Crippen molar-refractivity contribution < 1.29 is 14.9 Å². The number of aromatic hydroxyl groups is 1. The summed E-state index contributed by atoms with van der Waals surface area (Å²) in [5.74, 6) is 1.10. The van der Waals surface area contributed by atoms with Gasteiger partial charge in [-0.15, -0.1) is 0 Å². The summed E-state index contributed by atoms with van der Waals surface area (Å²) in [6, 6.07) is 5.10. The van der Waals surface area contributed by atoms with Gasteiger partial charge in [0.05, 0.1) is 6.10 Å². The molecule has 2 rings (SSSR count). The first-order valence-electron chi connectivity index (χ1n) is 4.82. The van der Waals surface area contributed by atoms with Crippen molar-refractivity contribution in [1.29, 1.82) is 0 Å². The monoisotopic (exact) mass is 194 g/mol. The number of rotatable bonds is 2. The Hall–Kier alpha value is -1.22. The Bertz CT molecular complexity index is 333. The summed E-state index contributed by atoms with van der Waals surface area (Å²) in [7, 11) is 0. The molecular formula is C11H14O3. The Kier molecular flexibility index (Phi) is 2.33. The molecule has 0 aliphatic carbocycles. The third-order valence-corrected chi connectivity index (χ3v) is 2.39. The highest BCUT2D eigenvalue weighted by atomic mass is 16.5. The first-order valence-corrected chi connectivity index (χ1v) is 4.82. The highest BCUT2D eigenvalue weighted by molar-refractivity contribution is 5.42. The summed E-state index contributed by atoms with van der Waals surface area (Å²) in [5.41, 5.74) is 1.02. The number of aliphatic hydroxyl groups excluding tert-OH is 1. The lowest BCUT2D eigenvalue weighted by Gasteiger charge is -2.11. The van der Waals surface area contributed by atoms with Crippen LogP contribution in [0.15, 0.2) is 18.2 Å². The Morgan fingerprint density at radius 2 is 2.36 bits per heavy atom. The Morgan fingerprint density at radius 1 is 1.57 bits per heavy atom. The van der Waals surface area contributed by atoms with E-state index in [1.165, 1.54) is 0 Å². The lowest BCUT2D eigenvalue weighted by Crippen LogP contribution is -2.19. The molecule has 3 nitrogen and oxygen atoms in total. The minimum absolute atomic E-state index is 0.0480. The molecule has 1 aromatic rings. The second-order valence-corrected chi connectivity index (χ2v) is 3.82. The molecule has 0 fully saturated rings. The average Bonchev–Trinajstić information content (AvgIpc) is 2.44. The molecule has 0 aromatic heterocycles. The first kappa shape index (κ1) is 9.34. The topological polar surface area (TPSA) is 49.7 Å². The molecule has 0 spiro atoms. The van der Waals surface area contributed by atoms with Crippen LogP contribution in [-0.2, 0) is 6.42 Å². The van der Waals surface area contributed by atoms with E-state index >= 15 is 0 Å².